The lowest BCUT2D eigenvalue weighted by molar-refractivity contribution is -0.121. The lowest BCUT2D eigenvalue weighted by atomic mass is 10.0. The molecule has 0 atom stereocenters. The van der Waals surface area contributed by atoms with Crippen LogP contribution in [0, 0.1) is 6.92 Å². The first-order chi connectivity index (χ1) is 13.6. The molecular formula is C24H20N2OS. The number of rotatable bonds is 3. The smallest absolute Gasteiger partial charge is 0.266 e. The minimum atomic E-state index is -0.0257. The number of amidine groups is 1. The van der Waals surface area contributed by atoms with Crippen LogP contribution in [0.1, 0.15) is 11.1 Å². The van der Waals surface area contributed by atoms with Gasteiger partial charge in [0.15, 0.2) is 5.17 Å². The standard InChI is InChI=1S/C24H20N2OS/c1-17-8-12-19(13-9-17)20-14-10-18(11-15-20)16-22-23(27)26(2)24(28-22)25-21-6-4-3-5-7-21/h3-16H,1-2H3/b22-16-,25-24+. The van der Waals surface area contributed by atoms with E-state index in [2.05, 4.69) is 48.3 Å². The van der Waals surface area contributed by atoms with E-state index in [1.54, 1.807) is 11.9 Å². The molecule has 3 nitrogen and oxygen atoms in total. The average Bonchev–Trinajstić information content (AvgIpc) is 2.98. The summed E-state index contributed by atoms with van der Waals surface area (Å²) < 4.78 is 0. The summed E-state index contributed by atoms with van der Waals surface area (Å²) >= 11 is 1.41. The van der Waals surface area contributed by atoms with Crippen LogP contribution in [0.2, 0.25) is 0 Å². The van der Waals surface area contributed by atoms with E-state index in [4.69, 9.17) is 0 Å². The van der Waals surface area contributed by atoms with E-state index >= 15 is 0 Å². The molecule has 138 valence electrons. The molecule has 1 saturated heterocycles. The highest BCUT2D eigenvalue weighted by atomic mass is 32.2. The minimum absolute atomic E-state index is 0.0257. The highest BCUT2D eigenvalue weighted by molar-refractivity contribution is 8.18. The van der Waals surface area contributed by atoms with Crippen molar-refractivity contribution in [3.63, 3.8) is 0 Å². The van der Waals surface area contributed by atoms with Crippen molar-refractivity contribution in [2.45, 2.75) is 6.92 Å². The van der Waals surface area contributed by atoms with Gasteiger partial charge in [0.1, 0.15) is 0 Å². The van der Waals surface area contributed by atoms with Crippen molar-refractivity contribution in [3.8, 4) is 11.1 Å². The van der Waals surface area contributed by atoms with E-state index in [9.17, 15) is 4.79 Å². The SMILES string of the molecule is Cc1ccc(-c2ccc(/C=C3\S/C(=N/c4ccccc4)N(C)C3=O)cc2)cc1. The van der Waals surface area contributed by atoms with Crippen LogP contribution in [0.15, 0.2) is 88.8 Å². The fourth-order valence-electron chi connectivity index (χ4n) is 2.93. The summed E-state index contributed by atoms with van der Waals surface area (Å²) in [6, 6.07) is 26.4. The van der Waals surface area contributed by atoms with Crippen LogP contribution in [0.3, 0.4) is 0 Å². The Balaban J connectivity index is 1.56. The van der Waals surface area contributed by atoms with Crippen LogP contribution in [-0.4, -0.2) is 23.0 Å². The second-order valence-corrected chi connectivity index (χ2v) is 7.70. The number of para-hydroxylation sites is 1. The van der Waals surface area contributed by atoms with Crippen LogP contribution < -0.4 is 0 Å². The normalized spacial score (nSPS) is 16.9. The average molecular weight is 385 g/mol. The first-order valence-electron chi connectivity index (χ1n) is 9.08. The van der Waals surface area contributed by atoms with Gasteiger partial charge in [0, 0.05) is 7.05 Å². The number of nitrogens with zero attached hydrogens (tertiary/aromatic N) is 2. The maximum Gasteiger partial charge on any atom is 0.266 e. The van der Waals surface area contributed by atoms with Crippen molar-refractivity contribution in [2.24, 2.45) is 4.99 Å². The molecule has 0 bridgehead atoms. The van der Waals surface area contributed by atoms with Crippen molar-refractivity contribution in [2.75, 3.05) is 7.05 Å². The highest BCUT2D eigenvalue weighted by Gasteiger charge is 2.30. The van der Waals surface area contributed by atoms with Gasteiger partial charge in [0.2, 0.25) is 0 Å². The number of likely N-dealkylation sites (N-methyl/N-ethyl adjacent to an activating group) is 1. The molecule has 0 N–H and O–H groups in total. The Hall–Kier alpha value is -3.11. The third kappa shape index (κ3) is 3.92. The quantitative estimate of drug-likeness (QED) is 0.527. The lowest BCUT2D eigenvalue weighted by Gasteiger charge is -2.06. The van der Waals surface area contributed by atoms with E-state index < -0.39 is 0 Å². The van der Waals surface area contributed by atoms with Gasteiger partial charge in [-0.3, -0.25) is 9.69 Å². The Labute approximate surface area is 169 Å². The number of aryl methyl sites for hydroxylation is 1. The van der Waals surface area contributed by atoms with E-state index in [-0.39, 0.29) is 5.91 Å². The molecule has 1 fully saturated rings. The second kappa shape index (κ2) is 7.87. The molecule has 1 aliphatic rings. The van der Waals surface area contributed by atoms with Crippen molar-refractivity contribution >= 4 is 34.6 Å². The molecule has 0 radical (unpaired) electrons. The van der Waals surface area contributed by atoms with Crippen molar-refractivity contribution in [1.82, 2.24) is 4.90 Å². The molecular weight excluding hydrogens is 364 g/mol. The molecule has 1 heterocycles. The largest absolute Gasteiger partial charge is 0.290 e. The number of amides is 1. The zero-order chi connectivity index (χ0) is 19.5. The van der Waals surface area contributed by atoms with Gasteiger partial charge in [0.25, 0.3) is 5.91 Å². The van der Waals surface area contributed by atoms with E-state index in [1.165, 1.54) is 22.9 Å². The number of thioether (sulfide) groups is 1. The fraction of sp³-hybridized carbons (Fsp3) is 0.0833. The molecule has 0 aromatic heterocycles. The summed E-state index contributed by atoms with van der Waals surface area (Å²) in [7, 11) is 1.76. The summed E-state index contributed by atoms with van der Waals surface area (Å²) in [4.78, 5) is 19.5. The first kappa shape index (κ1) is 18.3. The van der Waals surface area contributed by atoms with E-state index in [0.717, 1.165) is 16.8 Å². The summed E-state index contributed by atoms with van der Waals surface area (Å²) in [6.07, 6.45) is 1.93. The number of carbonyl (C=O) groups is 1. The van der Waals surface area contributed by atoms with Crippen LogP contribution >= 0.6 is 11.8 Å². The summed E-state index contributed by atoms with van der Waals surface area (Å²) in [5.74, 6) is -0.0257. The van der Waals surface area contributed by atoms with Crippen LogP contribution in [-0.2, 0) is 4.79 Å². The number of hydrogen-bond acceptors (Lipinski definition) is 3. The van der Waals surface area contributed by atoms with Crippen LogP contribution in [0.25, 0.3) is 17.2 Å². The van der Waals surface area contributed by atoms with Gasteiger partial charge >= 0.3 is 0 Å². The topological polar surface area (TPSA) is 32.7 Å². The molecule has 0 saturated carbocycles. The predicted octanol–water partition coefficient (Wildman–Crippen LogP) is 5.90. The highest BCUT2D eigenvalue weighted by Crippen LogP contribution is 2.33. The minimum Gasteiger partial charge on any atom is -0.290 e. The van der Waals surface area contributed by atoms with Crippen molar-refractivity contribution in [1.29, 1.82) is 0 Å². The van der Waals surface area contributed by atoms with Crippen molar-refractivity contribution in [3.05, 3.63) is 94.9 Å². The Bertz CT molecular complexity index is 1050. The molecule has 3 aromatic rings. The van der Waals surface area contributed by atoms with Crippen LogP contribution in [0.4, 0.5) is 5.69 Å². The maximum atomic E-state index is 12.6. The van der Waals surface area contributed by atoms with Gasteiger partial charge in [-0.15, -0.1) is 0 Å². The second-order valence-electron chi connectivity index (χ2n) is 6.69. The first-order valence-corrected chi connectivity index (χ1v) is 9.90. The van der Waals surface area contributed by atoms with Gasteiger partial charge in [0.05, 0.1) is 10.6 Å². The molecule has 1 aliphatic heterocycles. The Morgan fingerprint density at radius 2 is 1.46 bits per heavy atom. The zero-order valence-electron chi connectivity index (χ0n) is 15.8. The van der Waals surface area contributed by atoms with Gasteiger partial charge in [-0.05, 0) is 53.6 Å². The number of hydrogen-bond donors (Lipinski definition) is 0. The van der Waals surface area contributed by atoms with Gasteiger partial charge < -0.3 is 0 Å². The van der Waals surface area contributed by atoms with Crippen LogP contribution in [0.5, 0.6) is 0 Å². The van der Waals surface area contributed by atoms with E-state index in [0.29, 0.717) is 10.1 Å². The van der Waals surface area contributed by atoms with E-state index in [1.807, 2.05) is 48.5 Å². The van der Waals surface area contributed by atoms with Gasteiger partial charge in [-0.1, -0.05) is 72.3 Å². The molecule has 0 aliphatic carbocycles. The molecule has 1 amide bonds. The lowest BCUT2D eigenvalue weighted by Crippen LogP contribution is -2.23. The summed E-state index contributed by atoms with van der Waals surface area (Å²) in [5, 5.41) is 0.693. The van der Waals surface area contributed by atoms with Gasteiger partial charge in [-0.2, -0.15) is 0 Å². The van der Waals surface area contributed by atoms with Gasteiger partial charge in [-0.25, -0.2) is 4.99 Å². The zero-order valence-corrected chi connectivity index (χ0v) is 16.6. The molecule has 3 aromatic carbocycles. The maximum absolute atomic E-state index is 12.6. The summed E-state index contributed by atoms with van der Waals surface area (Å²) in [6.45, 7) is 2.09. The monoisotopic (exact) mass is 384 g/mol. The molecule has 4 rings (SSSR count). The third-order valence-electron chi connectivity index (χ3n) is 4.58. The Kier molecular flexibility index (Phi) is 5.13. The number of aliphatic imine (C=N–C) groups is 1. The van der Waals surface area contributed by atoms with Crippen molar-refractivity contribution < 1.29 is 4.79 Å². The Morgan fingerprint density at radius 1 is 0.857 bits per heavy atom. The number of carbonyl (C=O) groups excluding carboxylic acids is 1. The summed E-state index contributed by atoms with van der Waals surface area (Å²) in [5.41, 5.74) is 5.44. The molecule has 0 spiro atoms. The third-order valence-corrected chi connectivity index (χ3v) is 5.64. The fourth-order valence-corrected chi connectivity index (χ4v) is 3.92. The molecule has 0 unspecified atom stereocenters. The molecule has 4 heteroatoms. The predicted molar refractivity (Wildman–Crippen MR) is 118 cm³/mol. The Morgan fingerprint density at radius 3 is 2.11 bits per heavy atom. The number of benzene rings is 3. The molecule has 28 heavy (non-hydrogen) atoms.